The summed E-state index contributed by atoms with van der Waals surface area (Å²) in [5, 5.41) is 4.21. The van der Waals surface area contributed by atoms with Gasteiger partial charge in [0.05, 0.1) is 11.2 Å². The number of rotatable bonds is 4. The molecule has 1 N–H and O–H groups in total. The Kier molecular flexibility index (Phi) is 3.33. The fourth-order valence-electron chi connectivity index (χ4n) is 2.02. The van der Waals surface area contributed by atoms with Gasteiger partial charge >= 0.3 is 0 Å². The fraction of sp³-hybridized carbons (Fsp3) is 0. The van der Waals surface area contributed by atoms with E-state index in [1.165, 1.54) is 0 Å². The Hall–Kier alpha value is -2.81. The average molecular weight is 262 g/mol. The van der Waals surface area contributed by atoms with Gasteiger partial charge in [-0.15, -0.1) is 0 Å². The number of anilines is 1. The second-order valence-corrected chi connectivity index (χ2v) is 4.34. The highest BCUT2D eigenvalue weighted by Crippen LogP contribution is 2.23. The average Bonchev–Trinajstić information content (AvgIpc) is 2.48. The van der Waals surface area contributed by atoms with E-state index in [4.69, 9.17) is 4.74 Å². The molecule has 0 bridgehead atoms. The Morgan fingerprint density at radius 2 is 1.80 bits per heavy atom. The molecule has 0 atom stereocenters. The highest BCUT2D eigenvalue weighted by Gasteiger charge is 2.03. The number of pyridine rings is 1. The van der Waals surface area contributed by atoms with Crippen molar-refractivity contribution in [2.45, 2.75) is 0 Å². The summed E-state index contributed by atoms with van der Waals surface area (Å²) >= 11 is 0. The molecule has 0 saturated carbocycles. The highest BCUT2D eigenvalue weighted by atomic mass is 16.5. The monoisotopic (exact) mass is 262 g/mol. The van der Waals surface area contributed by atoms with E-state index < -0.39 is 0 Å². The Morgan fingerprint density at radius 1 is 0.950 bits per heavy atom. The van der Waals surface area contributed by atoms with Crippen LogP contribution in [0.5, 0.6) is 5.75 Å². The van der Waals surface area contributed by atoms with Crippen molar-refractivity contribution < 1.29 is 4.74 Å². The first-order valence-electron chi connectivity index (χ1n) is 6.35. The van der Waals surface area contributed by atoms with Gasteiger partial charge in [0.1, 0.15) is 5.75 Å². The zero-order valence-corrected chi connectivity index (χ0v) is 10.9. The SMILES string of the molecule is C=C(Nc1cccc2ncccc12)Oc1ccccc1. The quantitative estimate of drug-likeness (QED) is 0.716. The Labute approximate surface area is 117 Å². The van der Waals surface area contributed by atoms with Gasteiger partial charge in [0.25, 0.3) is 0 Å². The van der Waals surface area contributed by atoms with Crippen LogP contribution in [-0.2, 0) is 0 Å². The third-order valence-electron chi connectivity index (χ3n) is 2.90. The number of nitrogens with zero attached hydrogens (tertiary/aromatic N) is 1. The fourth-order valence-corrected chi connectivity index (χ4v) is 2.02. The summed E-state index contributed by atoms with van der Waals surface area (Å²) in [6.45, 7) is 3.90. The summed E-state index contributed by atoms with van der Waals surface area (Å²) in [5.74, 6) is 1.23. The lowest BCUT2D eigenvalue weighted by Crippen LogP contribution is -2.05. The predicted octanol–water partition coefficient (Wildman–Crippen LogP) is 4.20. The van der Waals surface area contributed by atoms with Gasteiger partial charge in [-0.2, -0.15) is 0 Å². The minimum atomic E-state index is 0.479. The molecule has 0 unspecified atom stereocenters. The molecule has 3 rings (SSSR count). The Balaban J connectivity index is 1.81. The second kappa shape index (κ2) is 5.45. The van der Waals surface area contributed by atoms with E-state index in [0.29, 0.717) is 5.88 Å². The molecule has 0 aliphatic carbocycles. The van der Waals surface area contributed by atoms with Crippen molar-refractivity contribution in [1.29, 1.82) is 0 Å². The number of ether oxygens (including phenoxy) is 1. The van der Waals surface area contributed by atoms with Crippen molar-refractivity contribution >= 4 is 16.6 Å². The number of hydrogen-bond donors (Lipinski definition) is 1. The molecule has 98 valence electrons. The molecule has 0 fully saturated rings. The standard InChI is InChI=1S/C17H14N2O/c1-13(20-14-7-3-2-4-8-14)19-17-11-5-10-16-15(17)9-6-12-18-16/h2-12,19H,1H2. The maximum absolute atomic E-state index is 5.64. The van der Waals surface area contributed by atoms with Gasteiger partial charge in [-0.05, 0) is 43.0 Å². The van der Waals surface area contributed by atoms with E-state index in [1.807, 2.05) is 60.7 Å². The van der Waals surface area contributed by atoms with Gasteiger partial charge in [-0.1, -0.05) is 24.3 Å². The van der Waals surface area contributed by atoms with Crippen molar-refractivity contribution in [2.75, 3.05) is 5.32 Å². The summed E-state index contributed by atoms with van der Waals surface area (Å²) in [6.07, 6.45) is 1.78. The first-order chi connectivity index (χ1) is 9.83. The molecule has 1 heterocycles. The molecule has 0 aliphatic heterocycles. The summed E-state index contributed by atoms with van der Waals surface area (Å²) in [7, 11) is 0. The number of aromatic nitrogens is 1. The van der Waals surface area contributed by atoms with E-state index in [0.717, 1.165) is 22.3 Å². The zero-order chi connectivity index (χ0) is 13.8. The van der Waals surface area contributed by atoms with Gasteiger partial charge in [0, 0.05) is 11.6 Å². The lowest BCUT2D eigenvalue weighted by molar-refractivity contribution is 0.435. The van der Waals surface area contributed by atoms with E-state index in [-0.39, 0.29) is 0 Å². The number of benzene rings is 2. The van der Waals surface area contributed by atoms with Gasteiger partial charge in [0.2, 0.25) is 0 Å². The van der Waals surface area contributed by atoms with Gasteiger partial charge in [-0.3, -0.25) is 4.98 Å². The van der Waals surface area contributed by atoms with Gasteiger partial charge in [0.15, 0.2) is 5.88 Å². The summed E-state index contributed by atoms with van der Waals surface area (Å²) < 4.78 is 5.64. The van der Waals surface area contributed by atoms with Crippen molar-refractivity contribution in [1.82, 2.24) is 4.98 Å². The van der Waals surface area contributed by atoms with Gasteiger partial charge in [-0.25, -0.2) is 0 Å². The number of nitrogens with one attached hydrogen (secondary N) is 1. The third kappa shape index (κ3) is 2.62. The summed E-state index contributed by atoms with van der Waals surface area (Å²) in [5.41, 5.74) is 1.86. The molecule has 3 heteroatoms. The predicted molar refractivity (Wildman–Crippen MR) is 81.6 cm³/mol. The smallest absolute Gasteiger partial charge is 0.190 e. The number of hydrogen-bond acceptors (Lipinski definition) is 3. The highest BCUT2D eigenvalue weighted by molar-refractivity contribution is 5.91. The van der Waals surface area contributed by atoms with Crippen LogP contribution in [-0.4, -0.2) is 4.98 Å². The van der Waals surface area contributed by atoms with Crippen molar-refractivity contribution in [2.24, 2.45) is 0 Å². The van der Waals surface area contributed by atoms with Crippen LogP contribution in [0.3, 0.4) is 0 Å². The first-order valence-corrected chi connectivity index (χ1v) is 6.35. The molecule has 0 spiro atoms. The van der Waals surface area contributed by atoms with Gasteiger partial charge < -0.3 is 10.1 Å². The summed E-state index contributed by atoms with van der Waals surface area (Å²) in [4.78, 5) is 4.32. The summed E-state index contributed by atoms with van der Waals surface area (Å²) in [6, 6.07) is 19.4. The van der Waals surface area contributed by atoms with E-state index in [1.54, 1.807) is 6.20 Å². The van der Waals surface area contributed by atoms with Crippen LogP contribution in [0, 0.1) is 0 Å². The van der Waals surface area contributed by atoms with Crippen LogP contribution in [0.1, 0.15) is 0 Å². The minimum Gasteiger partial charge on any atom is -0.442 e. The largest absolute Gasteiger partial charge is 0.442 e. The molecule has 0 radical (unpaired) electrons. The van der Waals surface area contributed by atoms with Crippen LogP contribution in [0.4, 0.5) is 5.69 Å². The lowest BCUT2D eigenvalue weighted by Gasteiger charge is -2.12. The van der Waals surface area contributed by atoms with Crippen molar-refractivity contribution in [3.05, 3.63) is 79.3 Å². The topological polar surface area (TPSA) is 34.2 Å². The van der Waals surface area contributed by atoms with E-state index in [9.17, 15) is 0 Å². The minimum absolute atomic E-state index is 0.479. The molecule has 3 aromatic rings. The maximum atomic E-state index is 5.64. The Bertz CT molecular complexity index is 733. The number of para-hydroxylation sites is 1. The van der Waals surface area contributed by atoms with Crippen LogP contribution >= 0.6 is 0 Å². The molecule has 1 aromatic heterocycles. The lowest BCUT2D eigenvalue weighted by atomic mass is 10.2. The second-order valence-electron chi connectivity index (χ2n) is 4.34. The molecule has 2 aromatic carbocycles. The molecular weight excluding hydrogens is 248 g/mol. The van der Waals surface area contributed by atoms with Crippen LogP contribution in [0.25, 0.3) is 10.9 Å². The van der Waals surface area contributed by atoms with Crippen LogP contribution in [0.15, 0.2) is 79.3 Å². The molecule has 0 amide bonds. The molecular formula is C17H14N2O. The molecule has 3 nitrogen and oxygen atoms in total. The van der Waals surface area contributed by atoms with Crippen LogP contribution in [0.2, 0.25) is 0 Å². The normalized spacial score (nSPS) is 10.2. The third-order valence-corrected chi connectivity index (χ3v) is 2.90. The number of fused-ring (bicyclic) bond motifs is 1. The maximum Gasteiger partial charge on any atom is 0.190 e. The molecule has 0 aliphatic rings. The van der Waals surface area contributed by atoms with E-state index in [2.05, 4.69) is 16.9 Å². The molecule has 20 heavy (non-hydrogen) atoms. The Morgan fingerprint density at radius 3 is 2.65 bits per heavy atom. The molecule has 0 saturated heterocycles. The van der Waals surface area contributed by atoms with Crippen molar-refractivity contribution in [3.8, 4) is 5.75 Å². The first kappa shape index (κ1) is 12.2. The van der Waals surface area contributed by atoms with E-state index >= 15 is 0 Å². The zero-order valence-electron chi connectivity index (χ0n) is 10.9. The van der Waals surface area contributed by atoms with Crippen LogP contribution < -0.4 is 10.1 Å². The van der Waals surface area contributed by atoms with Crippen molar-refractivity contribution in [3.63, 3.8) is 0 Å².